The van der Waals surface area contributed by atoms with Gasteiger partial charge in [0.1, 0.15) is 0 Å². The standard InChI is InChI=1S/C16H27NO3/c1-13(2)11-14-3-5-15(6-4-14)16(19)12-17-7-9-20-10-8-18/h3-6,13,16-19H,7-12H2,1-2H3. The average Bonchev–Trinajstić information content (AvgIpc) is 2.42. The maximum absolute atomic E-state index is 10.1. The van der Waals surface area contributed by atoms with Crippen LogP contribution in [0.15, 0.2) is 24.3 Å². The highest BCUT2D eigenvalue weighted by Crippen LogP contribution is 2.15. The van der Waals surface area contributed by atoms with Crippen molar-refractivity contribution in [3.8, 4) is 0 Å². The molecule has 20 heavy (non-hydrogen) atoms. The van der Waals surface area contributed by atoms with Crippen molar-refractivity contribution in [2.75, 3.05) is 32.9 Å². The van der Waals surface area contributed by atoms with E-state index in [1.54, 1.807) is 0 Å². The van der Waals surface area contributed by atoms with Gasteiger partial charge in [0.15, 0.2) is 0 Å². The number of ether oxygens (including phenoxy) is 1. The summed E-state index contributed by atoms with van der Waals surface area (Å²) in [6, 6.07) is 8.16. The van der Waals surface area contributed by atoms with Gasteiger partial charge in [-0.25, -0.2) is 0 Å². The first-order valence-corrected chi connectivity index (χ1v) is 7.29. The molecule has 0 radical (unpaired) electrons. The molecule has 0 saturated heterocycles. The van der Waals surface area contributed by atoms with Crippen LogP contribution >= 0.6 is 0 Å². The molecular weight excluding hydrogens is 254 g/mol. The van der Waals surface area contributed by atoms with Gasteiger partial charge in [0.05, 0.1) is 25.9 Å². The van der Waals surface area contributed by atoms with Crippen molar-refractivity contribution >= 4 is 0 Å². The Kier molecular flexibility index (Phi) is 8.46. The summed E-state index contributed by atoms with van der Waals surface area (Å²) in [4.78, 5) is 0. The van der Waals surface area contributed by atoms with E-state index in [-0.39, 0.29) is 6.61 Å². The molecule has 0 spiro atoms. The SMILES string of the molecule is CC(C)Cc1ccc(C(O)CNCCOCCO)cc1. The van der Waals surface area contributed by atoms with Gasteiger partial charge in [-0.3, -0.25) is 0 Å². The maximum atomic E-state index is 10.1. The quantitative estimate of drug-likeness (QED) is 0.569. The highest BCUT2D eigenvalue weighted by atomic mass is 16.5. The lowest BCUT2D eigenvalue weighted by molar-refractivity contribution is 0.0910. The Morgan fingerprint density at radius 2 is 1.85 bits per heavy atom. The Bertz CT molecular complexity index is 351. The molecule has 3 N–H and O–H groups in total. The molecule has 1 rings (SSSR count). The van der Waals surface area contributed by atoms with Crippen molar-refractivity contribution < 1.29 is 14.9 Å². The van der Waals surface area contributed by atoms with Crippen molar-refractivity contribution in [3.63, 3.8) is 0 Å². The fraction of sp³-hybridized carbons (Fsp3) is 0.625. The number of aliphatic hydroxyl groups is 2. The summed E-state index contributed by atoms with van der Waals surface area (Å²) in [5, 5.41) is 21.7. The van der Waals surface area contributed by atoms with Crippen LogP contribution in [0.1, 0.15) is 31.1 Å². The van der Waals surface area contributed by atoms with Gasteiger partial charge >= 0.3 is 0 Å². The molecule has 0 amide bonds. The van der Waals surface area contributed by atoms with Crippen molar-refractivity contribution in [1.82, 2.24) is 5.32 Å². The van der Waals surface area contributed by atoms with Crippen LogP contribution in [0.4, 0.5) is 0 Å². The minimum Gasteiger partial charge on any atom is -0.394 e. The Balaban J connectivity index is 2.27. The van der Waals surface area contributed by atoms with Gasteiger partial charge in [-0.15, -0.1) is 0 Å². The Labute approximate surface area is 121 Å². The third-order valence-electron chi connectivity index (χ3n) is 3.00. The van der Waals surface area contributed by atoms with Crippen molar-refractivity contribution in [2.45, 2.75) is 26.4 Å². The van der Waals surface area contributed by atoms with Gasteiger partial charge in [-0.05, 0) is 23.5 Å². The van der Waals surface area contributed by atoms with Crippen LogP contribution in [0.25, 0.3) is 0 Å². The second-order valence-electron chi connectivity index (χ2n) is 5.40. The summed E-state index contributed by atoms with van der Waals surface area (Å²) in [6.07, 6.45) is 0.567. The third kappa shape index (κ3) is 7.01. The molecule has 1 atom stereocenters. The smallest absolute Gasteiger partial charge is 0.0914 e. The van der Waals surface area contributed by atoms with E-state index >= 15 is 0 Å². The van der Waals surface area contributed by atoms with Crippen molar-refractivity contribution in [1.29, 1.82) is 0 Å². The average molecular weight is 281 g/mol. The number of aliphatic hydroxyl groups excluding tert-OH is 2. The molecule has 0 aliphatic rings. The van der Waals surface area contributed by atoms with Crippen molar-refractivity contribution in [2.24, 2.45) is 5.92 Å². The van der Waals surface area contributed by atoms with Crippen LogP contribution in [0.5, 0.6) is 0 Å². The van der Waals surface area contributed by atoms with Crippen LogP contribution in [0.2, 0.25) is 0 Å². The number of nitrogens with one attached hydrogen (secondary N) is 1. The molecule has 0 aliphatic carbocycles. The summed E-state index contributed by atoms with van der Waals surface area (Å²) >= 11 is 0. The lowest BCUT2D eigenvalue weighted by atomic mass is 10.0. The first-order chi connectivity index (χ1) is 9.63. The summed E-state index contributed by atoms with van der Waals surface area (Å²) in [7, 11) is 0. The lowest BCUT2D eigenvalue weighted by Crippen LogP contribution is -2.25. The molecule has 0 aliphatic heterocycles. The van der Waals surface area contributed by atoms with Gasteiger partial charge in [-0.1, -0.05) is 38.1 Å². The Hall–Kier alpha value is -0.940. The van der Waals surface area contributed by atoms with Crippen molar-refractivity contribution in [3.05, 3.63) is 35.4 Å². The highest BCUT2D eigenvalue weighted by Gasteiger charge is 2.07. The van der Waals surface area contributed by atoms with Gasteiger partial charge in [0, 0.05) is 13.1 Å². The zero-order chi connectivity index (χ0) is 14.8. The van der Waals surface area contributed by atoms with E-state index < -0.39 is 6.10 Å². The van der Waals surface area contributed by atoms with Gasteiger partial charge in [-0.2, -0.15) is 0 Å². The fourth-order valence-electron chi connectivity index (χ4n) is 2.01. The maximum Gasteiger partial charge on any atom is 0.0914 e. The minimum atomic E-state index is -0.499. The number of hydrogen-bond acceptors (Lipinski definition) is 4. The normalized spacial score (nSPS) is 12.8. The topological polar surface area (TPSA) is 61.7 Å². The molecule has 0 bridgehead atoms. The lowest BCUT2D eigenvalue weighted by Gasteiger charge is -2.13. The van der Waals surface area contributed by atoms with E-state index in [0.29, 0.717) is 32.2 Å². The summed E-state index contributed by atoms with van der Waals surface area (Å²) < 4.78 is 5.13. The highest BCUT2D eigenvalue weighted by molar-refractivity contribution is 5.24. The predicted octanol–water partition coefficient (Wildman–Crippen LogP) is 1.52. The molecular formula is C16H27NO3. The van der Waals surface area contributed by atoms with Gasteiger partial charge in [0.25, 0.3) is 0 Å². The third-order valence-corrected chi connectivity index (χ3v) is 3.00. The molecule has 4 heteroatoms. The zero-order valence-corrected chi connectivity index (χ0v) is 12.5. The minimum absolute atomic E-state index is 0.0470. The van der Waals surface area contributed by atoms with Gasteiger partial charge < -0.3 is 20.3 Å². The molecule has 4 nitrogen and oxygen atoms in total. The molecule has 1 aromatic rings. The Morgan fingerprint density at radius 1 is 1.15 bits per heavy atom. The van der Waals surface area contributed by atoms with Crippen LogP contribution in [0.3, 0.4) is 0 Å². The monoisotopic (exact) mass is 281 g/mol. The summed E-state index contributed by atoms with van der Waals surface area (Å²) in [5.41, 5.74) is 2.24. The second kappa shape index (κ2) is 9.88. The first kappa shape index (κ1) is 17.1. The van der Waals surface area contributed by atoms with E-state index in [1.807, 2.05) is 12.1 Å². The molecule has 1 unspecified atom stereocenters. The second-order valence-corrected chi connectivity index (χ2v) is 5.40. The predicted molar refractivity (Wildman–Crippen MR) is 80.7 cm³/mol. The zero-order valence-electron chi connectivity index (χ0n) is 12.5. The Morgan fingerprint density at radius 3 is 2.45 bits per heavy atom. The van der Waals surface area contributed by atoms with Crippen LogP contribution in [-0.4, -0.2) is 43.1 Å². The van der Waals surface area contributed by atoms with E-state index in [1.165, 1.54) is 5.56 Å². The number of rotatable bonds is 10. The molecule has 1 aromatic carbocycles. The van der Waals surface area contributed by atoms with Crippen LogP contribution in [-0.2, 0) is 11.2 Å². The molecule has 0 aromatic heterocycles. The van der Waals surface area contributed by atoms with E-state index in [4.69, 9.17) is 9.84 Å². The number of hydrogen-bond donors (Lipinski definition) is 3. The fourth-order valence-corrected chi connectivity index (χ4v) is 2.01. The van der Waals surface area contributed by atoms with E-state index in [0.717, 1.165) is 12.0 Å². The first-order valence-electron chi connectivity index (χ1n) is 7.29. The molecule has 0 saturated carbocycles. The summed E-state index contributed by atoms with van der Waals surface area (Å²) in [6.45, 7) is 6.53. The van der Waals surface area contributed by atoms with Gasteiger partial charge in [0.2, 0.25) is 0 Å². The molecule has 0 heterocycles. The summed E-state index contributed by atoms with van der Waals surface area (Å²) in [5.74, 6) is 0.645. The molecule has 114 valence electrons. The van der Waals surface area contributed by atoms with E-state index in [2.05, 4.69) is 31.3 Å². The van der Waals surface area contributed by atoms with Crippen LogP contribution in [0, 0.1) is 5.92 Å². The largest absolute Gasteiger partial charge is 0.394 e. The molecule has 0 fully saturated rings. The van der Waals surface area contributed by atoms with E-state index in [9.17, 15) is 5.11 Å². The van der Waals surface area contributed by atoms with Crippen LogP contribution < -0.4 is 5.32 Å². The number of benzene rings is 1.